The van der Waals surface area contributed by atoms with Crippen molar-refractivity contribution in [1.29, 1.82) is 0 Å². The van der Waals surface area contributed by atoms with Crippen LogP contribution in [-0.2, 0) is 13.0 Å². The summed E-state index contributed by atoms with van der Waals surface area (Å²) >= 11 is 5.83. The Balaban J connectivity index is 1.84. The highest BCUT2D eigenvalue weighted by Crippen LogP contribution is 2.34. The van der Waals surface area contributed by atoms with Gasteiger partial charge in [0, 0.05) is 29.7 Å². The van der Waals surface area contributed by atoms with Gasteiger partial charge in [0.1, 0.15) is 16.9 Å². The molecular formula is C18H19ClF3N5O2. The molecule has 1 aliphatic rings. The Hall–Kier alpha value is -2.75. The van der Waals surface area contributed by atoms with Gasteiger partial charge >= 0.3 is 12.2 Å². The molecule has 1 unspecified atom stereocenters. The lowest BCUT2D eigenvalue weighted by atomic mass is 10.1. The molecule has 2 aromatic heterocycles. The van der Waals surface area contributed by atoms with Crippen LogP contribution in [0.3, 0.4) is 0 Å². The number of carbonyl (C=O) groups excluding carboxylic acids is 2. The van der Waals surface area contributed by atoms with Gasteiger partial charge in [0.25, 0.3) is 5.91 Å². The number of aromatic nitrogens is 2. The molecule has 2 aromatic rings. The maximum atomic E-state index is 12.8. The summed E-state index contributed by atoms with van der Waals surface area (Å²) in [7, 11) is 0. The quantitative estimate of drug-likeness (QED) is 0.639. The van der Waals surface area contributed by atoms with E-state index in [1.807, 2.05) is 5.32 Å². The highest BCUT2D eigenvalue weighted by molar-refractivity contribution is 6.29. The zero-order chi connectivity index (χ0) is 21.3. The Kier molecular flexibility index (Phi) is 5.74. The van der Waals surface area contributed by atoms with E-state index in [1.54, 1.807) is 17.6 Å². The molecule has 0 spiro atoms. The minimum absolute atomic E-state index is 0.220. The number of nitrogens with zero attached hydrogens (tertiary/aromatic N) is 2. The van der Waals surface area contributed by atoms with Gasteiger partial charge < -0.3 is 20.5 Å². The average molecular weight is 430 g/mol. The van der Waals surface area contributed by atoms with Crippen molar-refractivity contribution in [3.8, 4) is 0 Å². The molecule has 29 heavy (non-hydrogen) atoms. The number of anilines is 2. The van der Waals surface area contributed by atoms with Gasteiger partial charge in [0.15, 0.2) is 0 Å². The maximum Gasteiger partial charge on any atom is 0.408 e. The number of nitrogens with one attached hydrogen (secondary N) is 3. The summed E-state index contributed by atoms with van der Waals surface area (Å²) in [5, 5.41) is 7.29. The highest BCUT2D eigenvalue weighted by atomic mass is 35.5. The molecular weight excluding hydrogens is 411 g/mol. The van der Waals surface area contributed by atoms with Gasteiger partial charge in [-0.05, 0) is 38.8 Å². The molecule has 3 heterocycles. The molecule has 3 N–H and O–H groups in total. The van der Waals surface area contributed by atoms with E-state index >= 15 is 0 Å². The second kappa shape index (κ2) is 7.94. The first-order chi connectivity index (χ1) is 13.6. The third kappa shape index (κ3) is 4.47. The van der Waals surface area contributed by atoms with E-state index in [2.05, 4.69) is 15.6 Å². The van der Waals surface area contributed by atoms with Crippen molar-refractivity contribution in [1.82, 2.24) is 14.9 Å². The largest absolute Gasteiger partial charge is 0.408 e. The van der Waals surface area contributed by atoms with Gasteiger partial charge in [-0.3, -0.25) is 4.79 Å². The fourth-order valence-corrected chi connectivity index (χ4v) is 3.45. The molecule has 0 fully saturated rings. The fourth-order valence-electron chi connectivity index (χ4n) is 3.28. The Morgan fingerprint density at radius 2 is 2.03 bits per heavy atom. The molecule has 0 aliphatic carbocycles. The summed E-state index contributed by atoms with van der Waals surface area (Å²) in [6, 6.07) is 0.0926. The Labute approximate surface area is 169 Å². The predicted molar refractivity (Wildman–Crippen MR) is 102 cm³/mol. The van der Waals surface area contributed by atoms with E-state index in [1.165, 1.54) is 12.3 Å². The van der Waals surface area contributed by atoms with E-state index in [4.69, 9.17) is 11.6 Å². The molecule has 1 atom stereocenters. The number of urea groups is 1. The van der Waals surface area contributed by atoms with Crippen molar-refractivity contribution in [3.05, 3.63) is 40.4 Å². The van der Waals surface area contributed by atoms with E-state index in [0.717, 1.165) is 13.3 Å². The first-order valence-electron chi connectivity index (χ1n) is 8.87. The Morgan fingerprint density at radius 3 is 2.69 bits per heavy atom. The van der Waals surface area contributed by atoms with Gasteiger partial charge in [-0.15, -0.1) is 0 Å². The summed E-state index contributed by atoms with van der Waals surface area (Å²) in [5.74, 6) is -0.412. The zero-order valence-corrected chi connectivity index (χ0v) is 16.4. The summed E-state index contributed by atoms with van der Waals surface area (Å²) in [4.78, 5) is 28.8. The Bertz CT molecular complexity index is 958. The number of amides is 3. The van der Waals surface area contributed by atoms with Crippen LogP contribution in [0.5, 0.6) is 0 Å². The number of fused-ring (bicyclic) bond motifs is 1. The number of carbonyl (C=O) groups is 2. The van der Waals surface area contributed by atoms with E-state index in [0.29, 0.717) is 41.3 Å². The van der Waals surface area contributed by atoms with E-state index < -0.39 is 24.2 Å². The third-order valence-corrected chi connectivity index (χ3v) is 4.89. The number of hydrogen-bond acceptors (Lipinski definition) is 3. The lowest BCUT2D eigenvalue weighted by molar-refractivity contribution is -0.148. The van der Waals surface area contributed by atoms with Crippen molar-refractivity contribution < 1.29 is 22.8 Å². The number of hydrogen-bond donors (Lipinski definition) is 3. The van der Waals surface area contributed by atoms with Gasteiger partial charge in [-0.25, -0.2) is 9.78 Å². The van der Waals surface area contributed by atoms with Gasteiger partial charge in [-0.2, -0.15) is 13.2 Å². The lowest BCUT2D eigenvalue weighted by Crippen LogP contribution is -2.45. The summed E-state index contributed by atoms with van der Waals surface area (Å²) in [6.07, 6.45) is -1.75. The molecule has 0 aromatic carbocycles. The van der Waals surface area contributed by atoms with Crippen LogP contribution in [0.25, 0.3) is 0 Å². The molecule has 3 rings (SSSR count). The first kappa shape index (κ1) is 21.0. The molecule has 3 amide bonds. The SMILES string of the molecule is Cc1c(NC(=O)NC(C)C(F)(F)F)c2n(c1C(=O)Nc1ccnc(Cl)c1)CCC2. The topological polar surface area (TPSA) is 88.0 Å². The molecule has 0 radical (unpaired) electrons. The molecule has 1 aliphatic heterocycles. The van der Waals surface area contributed by atoms with Crippen molar-refractivity contribution >= 4 is 34.9 Å². The smallest absolute Gasteiger partial charge is 0.338 e. The molecule has 156 valence electrons. The van der Waals surface area contributed by atoms with Crippen molar-refractivity contribution in [2.75, 3.05) is 10.6 Å². The van der Waals surface area contributed by atoms with Gasteiger partial charge in [0.2, 0.25) is 0 Å². The molecule has 0 saturated carbocycles. The normalized spacial score (nSPS) is 14.3. The summed E-state index contributed by atoms with van der Waals surface area (Å²) < 4.78 is 39.8. The van der Waals surface area contributed by atoms with Crippen LogP contribution in [-0.4, -0.2) is 33.7 Å². The number of pyridine rings is 1. The van der Waals surface area contributed by atoms with Crippen LogP contribution < -0.4 is 16.0 Å². The highest BCUT2D eigenvalue weighted by Gasteiger charge is 2.37. The van der Waals surface area contributed by atoms with E-state index in [9.17, 15) is 22.8 Å². The van der Waals surface area contributed by atoms with Crippen molar-refractivity contribution in [2.24, 2.45) is 0 Å². The monoisotopic (exact) mass is 429 g/mol. The lowest BCUT2D eigenvalue weighted by Gasteiger charge is -2.17. The van der Waals surface area contributed by atoms with Crippen LogP contribution in [0, 0.1) is 6.92 Å². The minimum atomic E-state index is -4.55. The molecule has 0 saturated heterocycles. The Morgan fingerprint density at radius 1 is 1.31 bits per heavy atom. The fraction of sp³-hybridized carbons (Fsp3) is 0.389. The predicted octanol–water partition coefficient (Wildman–Crippen LogP) is 4.12. The van der Waals surface area contributed by atoms with Crippen LogP contribution in [0.4, 0.5) is 29.3 Å². The first-order valence-corrected chi connectivity index (χ1v) is 9.25. The number of rotatable bonds is 4. The van der Waals surface area contributed by atoms with Crippen molar-refractivity contribution in [2.45, 2.75) is 45.5 Å². The molecule has 11 heteroatoms. The number of alkyl halides is 3. The van der Waals surface area contributed by atoms with Crippen LogP contribution >= 0.6 is 11.6 Å². The second-order valence-corrected chi connectivity index (χ2v) is 7.12. The maximum absolute atomic E-state index is 12.8. The van der Waals surface area contributed by atoms with E-state index in [-0.39, 0.29) is 5.15 Å². The zero-order valence-electron chi connectivity index (χ0n) is 15.7. The summed E-state index contributed by atoms with van der Waals surface area (Å²) in [5.41, 5.74) is 2.33. The van der Waals surface area contributed by atoms with Gasteiger partial charge in [0.05, 0.1) is 5.69 Å². The summed E-state index contributed by atoms with van der Waals surface area (Å²) in [6.45, 7) is 3.07. The van der Waals surface area contributed by atoms with Crippen LogP contribution in [0.2, 0.25) is 5.15 Å². The standard InChI is InChI=1S/C18H19ClF3N5O2/c1-9-14(26-17(29)24-10(2)18(20,21)22)12-4-3-7-27(12)15(9)16(28)25-11-5-6-23-13(19)8-11/h5-6,8,10H,3-4,7H2,1-2H3,(H,23,25,28)(H2,24,26,29). The van der Waals surface area contributed by atoms with Crippen LogP contribution in [0.15, 0.2) is 18.3 Å². The average Bonchev–Trinajstić information content (AvgIpc) is 3.16. The third-order valence-electron chi connectivity index (χ3n) is 4.69. The number of halogens is 4. The van der Waals surface area contributed by atoms with Crippen molar-refractivity contribution in [3.63, 3.8) is 0 Å². The molecule has 7 nitrogen and oxygen atoms in total. The molecule has 0 bridgehead atoms. The van der Waals surface area contributed by atoms with Crippen LogP contribution in [0.1, 0.15) is 35.1 Å². The minimum Gasteiger partial charge on any atom is -0.338 e. The second-order valence-electron chi connectivity index (χ2n) is 6.73. The van der Waals surface area contributed by atoms with Gasteiger partial charge in [-0.1, -0.05) is 11.6 Å².